The Morgan fingerprint density at radius 3 is 2.52 bits per heavy atom. The molecule has 3 N–H and O–H groups in total. The molecule has 0 bridgehead atoms. The minimum Gasteiger partial charge on any atom is -0.384 e. The number of carbonyl (C=O) groups is 1. The summed E-state index contributed by atoms with van der Waals surface area (Å²) in [7, 11) is 0. The fraction of sp³-hybridized carbons (Fsp3) is 0.0769. The van der Waals surface area contributed by atoms with Crippen LogP contribution in [0.25, 0.3) is 0 Å². The number of amides is 1. The van der Waals surface area contributed by atoms with Gasteiger partial charge in [-0.2, -0.15) is 13.2 Å². The first-order valence-electron chi connectivity index (χ1n) is 5.67. The van der Waals surface area contributed by atoms with Crippen molar-refractivity contribution in [2.75, 3.05) is 11.1 Å². The van der Waals surface area contributed by atoms with Crippen molar-refractivity contribution in [3.8, 4) is 0 Å². The molecule has 110 valence electrons. The van der Waals surface area contributed by atoms with Gasteiger partial charge in [-0.3, -0.25) is 4.79 Å². The van der Waals surface area contributed by atoms with Gasteiger partial charge in [-0.1, -0.05) is 15.9 Å². The number of halogens is 4. The van der Waals surface area contributed by atoms with E-state index < -0.39 is 17.6 Å². The Kier molecular flexibility index (Phi) is 4.17. The highest BCUT2D eigenvalue weighted by Gasteiger charge is 2.33. The van der Waals surface area contributed by atoms with Gasteiger partial charge in [0.25, 0.3) is 5.91 Å². The second kappa shape index (κ2) is 5.72. The maximum absolute atomic E-state index is 12.8. The van der Waals surface area contributed by atoms with Gasteiger partial charge >= 0.3 is 6.18 Å². The van der Waals surface area contributed by atoms with E-state index in [0.29, 0.717) is 5.69 Å². The number of rotatable bonds is 2. The predicted molar refractivity (Wildman–Crippen MR) is 75.7 cm³/mol. The summed E-state index contributed by atoms with van der Waals surface area (Å²) in [5, 5.41) is 2.44. The van der Waals surface area contributed by atoms with Crippen molar-refractivity contribution in [1.29, 1.82) is 0 Å². The Bertz CT molecular complexity index is 671. The van der Waals surface area contributed by atoms with Gasteiger partial charge in [0.2, 0.25) is 0 Å². The van der Waals surface area contributed by atoms with E-state index in [2.05, 4.69) is 26.2 Å². The van der Waals surface area contributed by atoms with E-state index in [0.717, 1.165) is 6.07 Å². The molecule has 0 unspecified atom stereocenters. The lowest BCUT2D eigenvalue weighted by molar-refractivity contribution is -0.138. The second-order valence-corrected chi connectivity index (χ2v) is 4.97. The first-order valence-corrected chi connectivity index (χ1v) is 6.46. The molecule has 1 aromatic heterocycles. The van der Waals surface area contributed by atoms with Crippen LogP contribution in [0.5, 0.6) is 0 Å². The summed E-state index contributed by atoms with van der Waals surface area (Å²) >= 11 is 2.81. The lowest BCUT2D eigenvalue weighted by Crippen LogP contribution is -2.14. The van der Waals surface area contributed by atoms with Gasteiger partial charge in [0.05, 0.1) is 17.4 Å². The summed E-state index contributed by atoms with van der Waals surface area (Å²) in [6.45, 7) is 0. The molecule has 0 spiro atoms. The van der Waals surface area contributed by atoms with Crippen molar-refractivity contribution >= 4 is 33.3 Å². The predicted octanol–water partition coefficient (Wildman–Crippen LogP) is 3.70. The van der Waals surface area contributed by atoms with Crippen LogP contribution >= 0.6 is 15.9 Å². The molecule has 0 fully saturated rings. The quantitative estimate of drug-likeness (QED) is 0.858. The molecule has 1 aromatic carbocycles. The van der Waals surface area contributed by atoms with Crippen molar-refractivity contribution in [2.45, 2.75) is 6.18 Å². The third-order valence-corrected chi connectivity index (χ3v) is 3.27. The molecule has 4 nitrogen and oxygen atoms in total. The largest absolute Gasteiger partial charge is 0.417 e. The summed E-state index contributed by atoms with van der Waals surface area (Å²) in [5.74, 6) is -0.393. The van der Waals surface area contributed by atoms with Gasteiger partial charge < -0.3 is 11.1 Å². The van der Waals surface area contributed by atoms with Gasteiger partial charge in [-0.15, -0.1) is 0 Å². The molecule has 0 aliphatic rings. The molecule has 1 amide bonds. The first kappa shape index (κ1) is 15.3. The molecule has 0 saturated carbocycles. The minimum absolute atomic E-state index is 0.109. The second-order valence-electron chi connectivity index (χ2n) is 4.12. The number of nitrogens with two attached hydrogens (primary N) is 1. The third kappa shape index (κ3) is 3.72. The summed E-state index contributed by atoms with van der Waals surface area (Å²) in [5.41, 5.74) is 4.72. The molecule has 0 aliphatic heterocycles. The number of nitrogens with one attached hydrogen (secondary N) is 1. The number of nitrogens with zero attached hydrogens (tertiary/aromatic N) is 1. The Morgan fingerprint density at radius 1 is 1.24 bits per heavy atom. The highest BCUT2D eigenvalue weighted by atomic mass is 79.9. The van der Waals surface area contributed by atoms with Crippen LogP contribution in [0.4, 0.5) is 24.7 Å². The minimum atomic E-state index is -4.54. The van der Waals surface area contributed by atoms with E-state index in [4.69, 9.17) is 5.73 Å². The lowest BCUT2D eigenvalue weighted by Gasteiger charge is -2.11. The van der Waals surface area contributed by atoms with Crippen LogP contribution in [-0.2, 0) is 6.18 Å². The zero-order chi connectivity index (χ0) is 15.6. The van der Waals surface area contributed by atoms with Crippen LogP contribution in [-0.4, -0.2) is 10.9 Å². The fourth-order valence-electron chi connectivity index (χ4n) is 1.57. The van der Waals surface area contributed by atoms with E-state index in [1.165, 1.54) is 30.5 Å². The fourth-order valence-corrected chi connectivity index (χ4v) is 2.04. The SMILES string of the molecule is Nc1ccc(NC(=O)c2ccc(Br)c(C(F)(F)F)c2)cn1. The van der Waals surface area contributed by atoms with Crippen LogP contribution < -0.4 is 11.1 Å². The van der Waals surface area contributed by atoms with Crippen LogP contribution in [0.3, 0.4) is 0 Å². The summed E-state index contributed by atoms with van der Waals surface area (Å²) in [4.78, 5) is 15.7. The highest BCUT2D eigenvalue weighted by molar-refractivity contribution is 9.10. The van der Waals surface area contributed by atoms with E-state index in [1.54, 1.807) is 0 Å². The smallest absolute Gasteiger partial charge is 0.384 e. The Labute approximate surface area is 126 Å². The normalized spacial score (nSPS) is 11.2. The Balaban J connectivity index is 2.25. The molecule has 2 rings (SSSR count). The van der Waals surface area contributed by atoms with Crippen molar-refractivity contribution in [3.05, 3.63) is 52.1 Å². The highest BCUT2D eigenvalue weighted by Crippen LogP contribution is 2.35. The van der Waals surface area contributed by atoms with Gasteiger partial charge in [-0.05, 0) is 30.3 Å². The van der Waals surface area contributed by atoms with Crippen LogP contribution in [0.2, 0.25) is 0 Å². The van der Waals surface area contributed by atoms with Gasteiger partial charge in [-0.25, -0.2) is 4.98 Å². The topological polar surface area (TPSA) is 68.0 Å². The number of carbonyl (C=O) groups excluding carboxylic acids is 1. The first-order chi connectivity index (χ1) is 9.77. The molecule has 0 radical (unpaired) electrons. The Morgan fingerprint density at radius 2 is 1.95 bits per heavy atom. The number of anilines is 2. The molecule has 2 aromatic rings. The van der Waals surface area contributed by atoms with Gasteiger partial charge in [0.1, 0.15) is 5.82 Å². The number of hydrogen-bond acceptors (Lipinski definition) is 3. The number of alkyl halides is 3. The summed E-state index contributed by atoms with van der Waals surface area (Å²) in [6, 6.07) is 6.23. The average molecular weight is 360 g/mol. The van der Waals surface area contributed by atoms with E-state index in [-0.39, 0.29) is 15.9 Å². The number of aromatic nitrogens is 1. The van der Waals surface area contributed by atoms with Crippen LogP contribution in [0, 0.1) is 0 Å². The molecular weight excluding hydrogens is 351 g/mol. The van der Waals surface area contributed by atoms with E-state index >= 15 is 0 Å². The monoisotopic (exact) mass is 359 g/mol. The zero-order valence-electron chi connectivity index (χ0n) is 10.4. The number of hydrogen-bond donors (Lipinski definition) is 2. The number of pyridine rings is 1. The number of benzene rings is 1. The molecule has 0 aliphatic carbocycles. The average Bonchev–Trinajstić information content (AvgIpc) is 2.40. The zero-order valence-corrected chi connectivity index (χ0v) is 12.0. The molecule has 1 heterocycles. The third-order valence-electron chi connectivity index (χ3n) is 2.58. The van der Waals surface area contributed by atoms with Gasteiger partial charge in [0, 0.05) is 10.0 Å². The molecule has 8 heteroatoms. The van der Waals surface area contributed by atoms with E-state index in [1.807, 2.05) is 0 Å². The van der Waals surface area contributed by atoms with Gasteiger partial charge in [0.15, 0.2) is 0 Å². The van der Waals surface area contributed by atoms with Crippen molar-refractivity contribution in [3.63, 3.8) is 0 Å². The molecule has 21 heavy (non-hydrogen) atoms. The Hall–Kier alpha value is -2.09. The van der Waals surface area contributed by atoms with Crippen LogP contribution in [0.1, 0.15) is 15.9 Å². The summed E-state index contributed by atoms with van der Waals surface area (Å²) < 4.78 is 38.2. The van der Waals surface area contributed by atoms with Crippen molar-refractivity contribution < 1.29 is 18.0 Å². The van der Waals surface area contributed by atoms with Crippen molar-refractivity contribution in [2.24, 2.45) is 0 Å². The number of nitrogen functional groups attached to an aromatic ring is 1. The maximum atomic E-state index is 12.8. The lowest BCUT2D eigenvalue weighted by atomic mass is 10.1. The standard InChI is InChI=1S/C13H9BrF3N3O/c14-10-3-1-7(5-9(10)13(15,16)17)12(21)20-8-2-4-11(18)19-6-8/h1-6H,(H2,18,19)(H,20,21). The van der Waals surface area contributed by atoms with E-state index in [9.17, 15) is 18.0 Å². The summed E-state index contributed by atoms with van der Waals surface area (Å²) in [6.07, 6.45) is -3.23. The molecule has 0 saturated heterocycles. The van der Waals surface area contributed by atoms with Crippen molar-refractivity contribution in [1.82, 2.24) is 4.98 Å². The maximum Gasteiger partial charge on any atom is 0.417 e. The molecular formula is C13H9BrF3N3O. The van der Waals surface area contributed by atoms with Crippen LogP contribution in [0.15, 0.2) is 41.0 Å². The molecule has 0 atom stereocenters.